The maximum Gasteiger partial charge on any atom is 0.0576 e. The van der Waals surface area contributed by atoms with Gasteiger partial charge in [0, 0.05) is 12.6 Å². The van der Waals surface area contributed by atoms with Gasteiger partial charge in [0.1, 0.15) is 0 Å². The number of hydrogen-bond donors (Lipinski definition) is 1. The maximum absolute atomic E-state index is 5.77. The molecule has 1 saturated heterocycles. The van der Waals surface area contributed by atoms with Crippen molar-refractivity contribution in [3.8, 4) is 0 Å². The van der Waals surface area contributed by atoms with E-state index in [1.807, 2.05) is 0 Å². The van der Waals surface area contributed by atoms with Crippen LogP contribution in [0.4, 0.5) is 0 Å². The minimum Gasteiger partial charge on any atom is -0.378 e. The van der Waals surface area contributed by atoms with Crippen molar-refractivity contribution in [2.24, 2.45) is 0 Å². The largest absolute Gasteiger partial charge is 0.378 e. The van der Waals surface area contributed by atoms with Gasteiger partial charge in [0.2, 0.25) is 0 Å². The molecule has 0 saturated carbocycles. The molecular formula is C19H31NO. The van der Waals surface area contributed by atoms with E-state index in [1.165, 1.54) is 48.8 Å². The Kier molecular flexibility index (Phi) is 6.72. The lowest BCUT2D eigenvalue weighted by atomic mass is 9.97. The molecule has 0 aliphatic carbocycles. The van der Waals surface area contributed by atoms with Gasteiger partial charge in [0.05, 0.1) is 6.10 Å². The van der Waals surface area contributed by atoms with Gasteiger partial charge in [0.25, 0.3) is 0 Å². The normalized spacial score (nSPS) is 19.9. The first-order valence-electron chi connectivity index (χ1n) is 8.60. The predicted octanol–water partition coefficient (Wildman–Crippen LogP) is 4.17. The molecule has 1 N–H and O–H groups in total. The summed E-state index contributed by atoms with van der Waals surface area (Å²) in [7, 11) is 0. The third-order valence-electron chi connectivity index (χ3n) is 4.60. The van der Waals surface area contributed by atoms with Crippen LogP contribution >= 0.6 is 0 Å². The quantitative estimate of drug-likeness (QED) is 0.775. The predicted molar refractivity (Wildman–Crippen MR) is 89.9 cm³/mol. The summed E-state index contributed by atoms with van der Waals surface area (Å²) in [6.07, 6.45) is 7.76. The minimum absolute atomic E-state index is 0.510. The highest BCUT2D eigenvalue weighted by Crippen LogP contribution is 2.19. The first kappa shape index (κ1) is 16.5. The van der Waals surface area contributed by atoms with Crippen LogP contribution < -0.4 is 5.32 Å². The lowest BCUT2D eigenvalue weighted by molar-refractivity contribution is 0.0995. The molecule has 1 aromatic carbocycles. The van der Waals surface area contributed by atoms with E-state index in [0.717, 1.165) is 19.6 Å². The molecule has 0 spiro atoms. The monoisotopic (exact) mass is 289 g/mol. The minimum atomic E-state index is 0.510. The number of hydrogen-bond acceptors (Lipinski definition) is 2. The average Bonchev–Trinajstić information content (AvgIpc) is 2.99. The van der Waals surface area contributed by atoms with E-state index < -0.39 is 0 Å². The van der Waals surface area contributed by atoms with Crippen LogP contribution in [0.25, 0.3) is 0 Å². The Bertz CT molecular complexity index is 424. The number of benzene rings is 1. The van der Waals surface area contributed by atoms with Gasteiger partial charge in [-0.25, -0.2) is 0 Å². The standard InChI is InChI=1S/C19H31NO/c1-4-11-20-18(9-10-19-6-5-12-21-19)14-17-8-7-15(2)16(3)13-17/h7-8,13,18-20H,4-6,9-12,14H2,1-3H3. The molecule has 2 nitrogen and oxygen atoms in total. The molecule has 0 radical (unpaired) electrons. The van der Waals surface area contributed by atoms with Crippen molar-refractivity contribution in [2.45, 2.75) is 71.4 Å². The summed E-state index contributed by atoms with van der Waals surface area (Å²) >= 11 is 0. The third-order valence-corrected chi connectivity index (χ3v) is 4.60. The second-order valence-corrected chi connectivity index (χ2v) is 6.49. The highest BCUT2D eigenvalue weighted by atomic mass is 16.5. The van der Waals surface area contributed by atoms with Crippen LogP contribution in [-0.2, 0) is 11.2 Å². The van der Waals surface area contributed by atoms with E-state index >= 15 is 0 Å². The van der Waals surface area contributed by atoms with Crippen molar-refractivity contribution < 1.29 is 4.74 Å². The molecule has 2 heteroatoms. The second kappa shape index (κ2) is 8.55. The Morgan fingerprint density at radius 3 is 2.81 bits per heavy atom. The summed E-state index contributed by atoms with van der Waals surface area (Å²) in [6, 6.07) is 7.47. The zero-order valence-corrected chi connectivity index (χ0v) is 14.0. The molecule has 1 heterocycles. The van der Waals surface area contributed by atoms with Crippen LogP contribution in [0.5, 0.6) is 0 Å². The summed E-state index contributed by atoms with van der Waals surface area (Å²) in [4.78, 5) is 0. The van der Waals surface area contributed by atoms with Crippen molar-refractivity contribution in [3.63, 3.8) is 0 Å². The Balaban J connectivity index is 1.89. The molecule has 1 aromatic rings. The smallest absolute Gasteiger partial charge is 0.0576 e. The van der Waals surface area contributed by atoms with Crippen LogP contribution in [0.1, 0.15) is 55.7 Å². The number of nitrogens with one attached hydrogen (secondary N) is 1. The first-order chi connectivity index (χ1) is 10.2. The Labute approximate surface area is 130 Å². The van der Waals surface area contributed by atoms with E-state index in [1.54, 1.807) is 0 Å². The molecule has 2 rings (SSSR count). The van der Waals surface area contributed by atoms with Gasteiger partial charge < -0.3 is 10.1 Å². The SMILES string of the molecule is CCCNC(CCC1CCCO1)Cc1ccc(C)c(C)c1. The molecule has 0 amide bonds. The van der Waals surface area contributed by atoms with Gasteiger partial charge in [-0.2, -0.15) is 0 Å². The fourth-order valence-electron chi connectivity index (χ4n) is 3.10. The summed E-state index contributed by atoms with van der Waals surface area (Å²) in [5.41, 5.74) is 4.25. The molecule has 1 aliphatic rings. The van der Waals surface area contributed by atoms with E-state index in [2.05, 4.69) is 44.3 Å². The summed E-state index contributed by atoms with van der Waals surface area (Å²) in [6.45, 7) is 8.71. The van der Waals surface area contributed by atoms with E-state index in [0.29, 0.717) is 12.1 Å². The van der Waals surface area contributed by atoms with Crippen molar-refractivity contribution in [3.05, 3.63) is 34.9 Å². The molecule has 21 heavy (non-hydrogen) atoms. The van der Waals surface area contributed by atoms with Crippen LogP contribution in [0.15, 0.2) is 18.2 Å². The highest BCUT2D eigenvalue weighted by molar-refractivity contribution is 5.30. The molecule has 2 unspecified atom stereocenters. The summed E-state index contributed by atoms with van der Waals surface area (Å²) in [5.74, 6) is 0. The van der Waals surface area contributed by atoms with Crippen LogP contribution in [0.3, 0.4) is 0 Å². The average molecular weight is 289 g/mol. The lowest BCUT2D eigenvalue weighted by Crippen LogP contribution is -2.32. The topological polar surface area (TPSA) is 21.3 Å². The van der Waals surface area contributed by atoms with Gasteiger partial charge in [-0.15, -0.1) is 0 Å². The third kappa shape index (κ3) is 5.44. The molecule has 0 bridgehead atoms. The second-order valence-electron chi connectivity index (χ2n) is 6.49. The van der Waals surface area contributed by atoms with Gasteiger partial charge in [0.15, 0.2) is 0 Å². The van der Waals surface area contributed by atoms with E-state index in [-0.39, 0.29) is 0 Å². The lowest BCUT2D eigenvalue weighted by Gasteiger charge is -2.21. The molecule has 1 aliphatic heterocycles. The van der Waals surface area contributed by atoms with Gasteiger partial charge in [-0.05, 0) is 75.6 Å². The summed E-state index contributed by atoms with van der Waals surface area (Å²) < 4.78 is 5.77. The van der Waals surface area contributed by atoms with Gasteiger partial charge >= 0.3 is 0 Å². The highest BCUT2D eigenvalue weighted by Gasteiger charge is 2.18. The van der Waals surface area contributed by atoms with Crippen LogP contribution in [0, 0.1) is 13.8 Å². The Hall–Kier alpha value is -0.860. The molecular weight excluding hydrogens is 258 g/mol. The van der Waals surface area contributed by atoms with Crippen molar-refractivity contribution in [2.75, 3.05) is 13.2 Å². The molecule has 0 aromatic heterocycles. The van der Waals surface area contributed by atoms with Crippen molar-refractivity contribution in [1.82, 2.24) is 5.32 Å². The van der Waals surface area contributed by atoms with Crippen molar-refractivity contribution in [1.29, 1.82) is 0 Å². The fourth-order valence-corrected chi connectivity index (χ4v) is 3.10. The number of aryl methyl sites for hydroxylation is 2. The van der Waals surface area contributed by atoms with Gasteiger partial charge in [-0.3, -0.25) is 0 Å². The van der Waals surface area contributed by atoms with Crippen molar-refractivity contribution >= 4 is 0 Å². The zero-order valence-electron chi connectivity index (χ0n) is 14.0. The molecule has 2 atom stereocenters. The number of ether oxygens (including phenoxy) is 1. The molecule has 118 valence electrons. The van der Waals surface area contributed by atoms with Gasteiger partial charge in [-0.1, -0.05) is 25.1 Å². The first-order valence-corrected chi connectivity index (χ1v) is 8.60. The van der Waals surface area contributed by atoms with E-state index in [9.17, 15) is 0 Å². The molecule has 1 fully saturated rings. The maximum atomic E-state index is 5.77. The Morgan fingerprint density at radius 1 is 1.29 bits per heavy atom. The zero-order chi connectivity index (χ0) is 15.1. The number of rotatable bonds is 8. The van der Waals surface area contributed by atoms with E-state index in [4.69, 9.17) is 4.74 Å². The fraction of sp³-hybridized carbons (Fsp3) is 0.684. The van der Waals surface area contributed by atoms with Crippen LogP contribution in [0.2, 0.25) is 0 Å². The Morgan fingerprint density at radius 2 is 2.14 bits per heavy atom. The van der Waals surface area contributed by atoms with Crippen LogP contribution in [-0.4, -0.2) is 25.3 Å². The summed E-state index contributed by atoms with van der Waals surface area (Å²) in [5, 5.41) is 3.72.